The summed E-state index contributed by atoms with van der Waals surface area (Å²) in [5, 5.41) is 3.28. The zero-order chi connectivity index (χ0) is 22.7. The maximum atomic E-state index is 2.43. The highest BCUT2D eigenvalue weighted by molar-refractivity contribution is 8.38. The van der Waals surface area contributed by atoms with Crippen LogP contribution >= 0.6 is 15.2 Å². The van der Waals surface area contributed by atoms with Gasteiger partial charge in [-0.25, -0.2) is 0 Å². The molecule has 0 fully saturated rings. The van der Waals surface area contributed by atoms with Gasteiger partial charge in [0.05, 0.1) is 21.4 Å². The SMILES string of the molecule is CCCCCCCCCCCCCC[P+](PCCCC)(c1ccccc1)c1ccccc1. The maximum absolute atomic E-state index is 2.43. The molecule has 0 bridgehead atoms. The van der Waals surface area contributed by atoms with Gasteiger partial charge in [-0.3, -0.25) is 0 Å². The van der Waals surface area contributed by atoms with Crippen LogP contribution in [0.15, 0.2) is 60.7 Å². The highest BCUT2D eigenvalue weighted by Crippen LogP contribution is 2.72. The third-order valence-electron chi connectivity index (χ3n) is 6.65. The Labute approximate surface area is 202 Å². The fourth-order valence-electron chi connectivity index (χ4n) is 4.67. The van der Waals surface area contributed by atoms with Gasteiger partial charge in [-0.1, -0.05) is 121 Å². The van der Waals surface area contributed by atoms with Crippen molar-refractivity contribution < 1.29 is 0 Å². The lowest BCUT2D eigenvalue weighted by atomic mass is 10.1. The first kappa shape index (κ1) is 27.5. The van der Waals surface area contributed by atoms with Crippen molar-refractivity contribution in [3.63, 3.8) is 0 Å². The van der Waals surface area contributed by atoms with Gasteiger partial charge in [0.2, 0.25) is 0 Å². The molecule has 2 heteroatoms. The topological polar surface area (TPSA) is 0 Å². The molecule has 0 aliphatic heterocycles. The van der Waals surface area contributed by atoms with E-state index in [1.807, 2.05) is 0 Å². The Morgan fingerprint density at radius 1 is 0.500 bits per heavy atom. The van der Waals surface area contributed by atoms with Crippen LogP contribution in [0.3, 0.4) is 0 Å². The highest BCUT2D eigenvalue weighted by Gasteiger charge is 2.41. The van der Waals surface area contributed by atoms with Crippen molar-refractivity contribution >= 4 is 25.8 Å². The summed E-state index contributed by atoms with van der Waals surface area (Å²) in [6.07, 6.45) is 22.7. The van der Waals surface area contributed by atoms with E-state index in [9.17, 15) is 0 Å². The summed E-state index contributed by atoms with van der Waals surface area (Å²) >= 11 is 0. The fraction of sp³-hybridized carbons (Fsp3) is 0.600. The van der Waals surface area contributed by atoms with E-state index in [4.69, 9.17) is 0 Å². The van der Waals surface area contributed by atoms with E-state index in [0.29, 0.717) is 0 Å². The van der Waals surface area contributed by atoms with E-state index in [2.05, 4.69) is 74.5 Å². The van der Waals surface area contributed by atoms with Crippen molar-refractivity contribution in [2.45, 2.75) is 104 Å². The summed E-state index contributed by atoms with van der Waals surface area (Å²) in [6, 6.07) is 23.1. The largest absolute Gasteiger partial charge is 0.101 e. The number of benzene rings is 2. The molecule has 1 unspecified atom stereocenters. The van der Waals surface area contributed by atoms with Crippen LogP contribution in [-0.4, -0.2) is 12.3 Å². The number of unbranched alkanes of at least 4 members (excludes halogenated alkanes) is 12. The minimum absolute atomic E-state index is 1.08. The standard InChI is InChI=1S/C30H49P2/c1-3-5-7-8-9-10-11-12-13-14-15-22-28-32(31-27-6-4-2,29-23-18-16-19-24-29)30-25-20-17-21-26-30/h16-21,23-26,31H,3-15,22,27-28H2,1-2H3/q+1. The Morgan fingerprint density at radius 2 is 0.906 bits per heavy atom. The second-order valence-electron chi connectivity index (χ2n) is 9.36. The first-order valence-electron chi connectivity index (χ1n) is 13.6. The van der Waals surface area contributed by atoms with E-state index in [0.717, 1.165) is 8.27 Å². The molecule has 32 heavy (non-hydrogen) atoms. The number of hydrogen-bond donors (Lipinski definition) is 0. The van der Waals surface area contributed by atoms with Gasteiger partial charge in [0.25, 0.3) is 0 Å². The van der Waals surface area contributed by atoms with E-state index in [1.54, 1.807) is 10.6 Å². The Hall–Kier alpha value is -0.700. The van der Waals surface area contributed by atoms with Gasteiger partial charge in [0.15, 0.2) is 0 Å². The van der Waals surface area contributed by atoms with Gasteiger partial charge in [0, 0.05) is 6.16 Å². The molecule has 0 N–H and O–H groups in total. The third-order valence-corrected chi connectivity index (χ3v) is 15.6. The molecule has 0 spiro atoms. The summed E-state index contributed by atoms with van der Waals surface area (Å²) in [5.41, 5.74) is 0. The lowest BCUT2D eigenvalue weighted by Crippen LogP contribution is -2.22. The Morgan fingerprint density at radius 3 is 1.34 bits per heavy atom. The van der Waals surface area contributed by atoms with Gasteiger partial charge in [-0.15, -0.1) is 0 Å². The van der Waals surface area contributed by atoms with Crippen molar-refractivity contribution in [2.24, 2.45) is 0 Å². The van der Waals surface area contributed by atoms with Crippen LogP contribution in [0.25, 0.3) is 0 Å². The molecule has 2 aromatic carbocycles. The van der Waals surface area contributed by atoms with Crippen LogP contribution in [0, 0.1) is 0 Å². The van der Waals surface area contributed by atoms with Gasteiger partial charge in [-0.2, -0.15) is 0 Å². The summed E-state index contributed by atoms with van der Waals surface area (Å²) in [5.74, 6) is 0. The maximum Gasteiger partial charge on any atom is 0.101 e. The van der Waals surface area contributed by atoms with Crippen molar-refractivity contribution in [3.8, 4) is 0 Å². The Balaban J connectivity index is 1.85. The van der Waals surface area contributed by atoms with Gasteiger partial charge in [-0.05, 0) is 43.5 Å². The molecule has 0 amide bonds. The normalized spacial score (nSPS) is 12.1. The smallest absolute Gasteiger partial charge is 0.0654 e. The summed E-state index contributed by atoms with van der Waals surface area (Å²) in [7, 11) is 1.08. The molecule has 0 radical (unpaired) electrons. The average Bonchev–Trinajstić information content (AvgIpc) is 2.85. The quantitative estimate of drug-likeness (QED) is 0.141. The molecule has 0 nitrogen and oxygen atoms in total. The van der Waals surface area contributed by atoms with E-state index >= 15 is 0 Å². The average molecular weight is 472 g/mol. The number of rotatable bonds is 19. The monoisotopic (exact) mass is 471 g/mol. The fourth-order valence-corrected chi connectivity index (χ4v) is 13.5. The lowest BCUT2D eigenvalue weighted by molar-refractivity contribution is 0.548. The summed E-state index contributed by atoms with van der Waals surface area (Å²) in [6.45, 7) is 3.35. The third kappa shape index (κ3) is 10.1. The lowest BCUT2D eigenvalue weighted by Gasteiger charge is -2.27. The zero-order valence-electron chi connectivity index (χ0n) is 21.0. The van der Waals surface area contributed by atoms with Crippen LogP contribution in [0.5, 0.6) is 0 Å². The predicted octanol–water partition coefficient (Wildman–Crippen LogP) is 9.75. The van der Waals surface area contributed by atoms with Crippen LogP contribution < -0.4 is 10.6 Å². The molecule has 0 saturated heterocycles. The zero-order valence-corrected chi connectivity index (χ0v) is 22.9. The molecule has 0 aliphatic carbocycles. The van der Waals surface area contributed by atoms with Gasteiger partial charge >= 0.3 is 0 Å². The molecular weight excluding hydrogens is 422 g/mol. The molecule has 0 aliphatic rings. The van der Waals surface area contributed by atoms with Crippen molar-refractivity contribution in [2.75, 3.05) is 12.3 Å². The Kier molecular flexibility index (Phi) is 15.3. The predicted molar refractivity (Wildman–Crippen MR) is 153 cm³/mol. The molecule has 178 valence electrons. The Bertz CT molecular complexity index is 628. The summed E-state index contributed by atoms with van der Waals surface area (Å²) in [4.78, 5) is 0. The molecule has 0 saturated carbocycles. The molecule has 2 aromatic rings. The van der Waals surface area contributed by atoms with Crippen LogP contribution in [0.2, 0.25) is 0 Å². The van der Waals surface area contributed by atoms with Crippen LogP contribution in [0.1, 0.15) is 104 Å². The number of hydrogen-bond acceptors (Lipinski definition) is 0. The minimum atomic E-state index is -1.28. The molecule has 2 rings (SSSR count). The van der Waals surface area contributed by atoms with Crippen molar-refractivity contribution in [3.05, 3.63) is 60.7 Å². The van der Waals surface area contributed by atoms with Crippen molar-refractivity contribution in [1.82, 2.24) is 0 Å². The van der Waals surface area contributed by atoms with E-state index in [-0.39, 0.29) is 0 Å². The molecule has 1 atom stereocenters. The first-order valence-corrected chi connectivity index (χ1v) is 17.6. The molecule has 0 heterocycles. The first-order chi connectivity index (χ1) is 15.8. The van der Waals surface area contributed by atoms with Gasteiger partial charge < -0.3 is 0 Å². The minimum Gasteiger partial charge on any atom is -0.0654 e. The van der Waals surface area contributed by atoms with E-state index in [1.165, 1.54) is 102 Å². The van der Waals surface area contributed by atoms with Crippen molar-refractivity contribution in [1.29, 1.82) is 0 Å². The molecular formula is C30H49P2+. The second-order valence-corrected chi connectivity index (χ2v) is 16.5. The summed E-state index contributed by atoms with van der Waals surface area (Å²) < 4.78 is 0. The molecule has 0 aromatic heterocycles. The van der Waals surface area contributed by atoms with Crippen LogP contribution in [-0.2, 0) is 0 Å². The highest BCUT2D eigenvalue weighted by atomic mass is 32.1. The van der Waals surface area contributed by atoms with Gasteiger partial charge in [0.1, 0.15) is 10.6 Å². The van der Waals surface area contributed by atoms with E-state index < -0.39 is 6.95 Å². The van der Waals surface area contributed by atoms with Crippen LogP contribution in [0.4, 0.5) is 0 Å². The second kappa shape index (κ2) is 17.7.